The van der Waals surface area contributed by atoms with Crippen molar-refractivity contribution in [2.45, 2.75) is 13.8 Å². The first kappa shape index (κ1) is 17.7. The molecule has 4 heteroatoms. The first-order chi connectivity index (χ1) is 13.5. The molecule has 0 aliphatic carbocycles. The summed E-state index contributed by atoms with van der Waals surface area (Å²) in [5, 5.41) is 4.15. The van der Waals surface area contributed by atoms with E-state index in [1.54, 1.807) is 12.1 Å². The predicted octanol–water partition coefficient (Wildman–Crippen LogP) is 5.51. The average molecular weight is 370 g/mol. The Hall–Kier alpha value is -3.66. The summed E-state index contributed by atoms with van der Waals surface area (Å²) in [7, 11) is 0. The number of hydrogen-bond donors (Lipinski definition) is 0. The van der Waals surface area contributed by atoms with Crippen LogP contribution in [0.3, 0.4) is 0 Å². The molecule has 0 saturated carbocycles. The average Bonchev–Trinajstić information content (AvgIpc) is 2.66. The Morgan fingerprint density at radius 3 is 1.29 bits per heavy atom. The van der Waals surface area contributed by atoms with Crippen LogP contribution in [0.4, 0.5) is 0 Å². The monoisotopic (exact) mass is 370 g/mol. The molecule has 4 nitrogen and oxygen atoms in total. The van der Waals surface area contributed by atoms with Crippen molar-refractivity contribution in [3.8, 4) is 22.6 Å². The zero-order chi connectivity index (χ0) is 19.7. The lowest BCUT2D eigenvalue weighted by Crippen LogP contribution is -2.00. The van der Waals surface area contributed by atoms with Crippen LogP contribution >= 0.6 is 0 Å². The van der Waals surface area contributed by atoms with Crippen LogP contribution in [0.1, 0.15) is 13.8 Å². The van der Waals surface area contributed by atoms with E-state index in [-0.39, 0.29) is 11.9 Å². The highest BCUT2D eigenvalue weighted by molar-refractivity contribution is 5.92. The largest absolute Gasteiger partial charge is 0.427 e. The number of carbonyl (C=O) groups excluding carboxylic acids is 2. The summed E-state index contributed by atoms with van der Waals surface area (Å²) in [6.45, 7) is 2.78. The van der Waals surface area contributed by atoms with E-state index < -0.39 is 0 Å². The minimum atomic E-state index is -0.330. The Balaban J connectivity index is 1.69. The normalized spacial score (nSPS) is 10.8. The SMILES string of the molecule is CC(=O)Oc1ccc2cc(-c3ccc4cc(OC(C)=O)ccc4c3)ccc2c1. The van der Waals surface area contributed by atoms with Gasteiger partial charge in [0.2, 0.25) is 0 Å². The second-order valence-corrected chi connectivity index (χ2v) is 6.63. The van der Waals surface area contributed by atoms with Crippen LogP contribution in [0.5, 0.6) is 11.5 Å². The summed E-state index contributed by atoms with van der Waals surface area (Å²) in [6.07, 6.45) is 0. The number of hydrogen-bond acceptors (Lipinski definition) is 4. The van der Waals surface area contributed by atoms with Crippen molar-refractivity contribution in [1.29, 1.82) is 0 Å². The van der Waals surface area contributed by atoms with Gasteiger partial charge in [-0.25, -0.2) is 0 Å². The number of ether oxygens (including phenoxy) is 2. The van der Waals surface area contributed by atoms with Crippen molar-refractivity contribution in [3.63, 3.8) is 0 Å². The summed E-state index contributed by atoms with van der Waals surface area (Å²) in [6, 6.07) is 23.6. The van der Waals surface area contributed by atoms with Crippen LogP contribution in [0.25, 0.3) is 32.7 Å². The maximum atomic E-state index is 11.1. The van der Waals surface area contributed by atoms with E-state index >= 15 is 0 Å². The van der Waals surface area contributed by atoms with Crippen LogP contribution in [-0.2, 0) is 9.59 Å². The molecule has 0 amide bonds. The van der Waals surface area contributed by atoms with Crippen LogP contribution in [0, 0.1) is 0 Å². The molecule has 0 unspecified atom stereocenters. The Morgan fingerprint density at radius 1 is 0.536 bits per heavy atom. The molecule has 0 saturated heterocycles. The second kappa shape index (κ2) is 7.16. The Bertz CT molecular complexity index is 1130. The van der Waals surface area contributed by atoms with Gasteiger partial charge in [-0.15, -0.1) is 0 Å². The maximum absolute atomic E-state index is 11.1. The fraction of sp³-hybridized carbons (Fsp3) is 0.0833. The van der Waals surface area contributed by atoms with Crippen molar-refractivity contribution < 1.29 is 19.1 Å². The standard InChI is InChI=1S/C24H18O4/c1-15(25)27-23-9-7-19-11-17(3-5-21(19)13-23)18-4-6-22-14-24(28-16(2)26)10-8-20(22)12-18/h3-14H,1-2H3. The first-order valence-electron chi connectivity index (χ1n) is 8.93. The van der Waals surface area contributed by atoms with E-state index in [2.05, 4.69) is 12.1 Å². The van der Waals surface area contributed by atoms with Gasteiger partial charge in [0.05, 0.1) is 0 Å². The lowest BCUT2D eigenvalue weighted by Gasteiger charge is -2.08. The summed E-state index contributed by atoms with van der Waals surface area (Å²) in [5.74, 6) is 0.428. The highest BCUT2D eigenvalue weighted by Crippen LogP contribution is 2.30. The topological polar surface area (TPSA) is 52.6 Å². The Labute approximate surface area is 162 Å². The van der Waals surface area contributed by atoms with Gasteiger partial charge in [0.15, 0.2) is 0 Å². The Morgan fingerprint density at radius 2 is 0.893 bits per heavy atom. The van der Waals surface area contributed by atoms with E-state index in [0.29, 0.717) is 11.5 Å². The van der Waals surface area contributed by atoms with Crippen molar-refractivity contribution in [2.24, 2.45) is 0 Å². The third-order valence-corrected chi connectivity index (χ3v) is 4.48. The van der Waals surface area contributed by atoms with Gasteiger partial charge in [-0.05, 0) is 69.1 Å². The molecule has 0 heterocycles. The smallest absolute Gasteiger partial charge is 0.308 e. The first-order valence-corrected chi connectivity index (χ1v) is 8.93. The van der Waals surface area contributed by atoms with E-state index in [1.165, 1.54) is 13.8 Å². The molecule has 4 aromatic carbocycles. The maximum Gasteiger partial charge on any atom is 0.308 e. The summed E-state index contributed by atoms with van der Waals surface area (Å²) in [4.78, 5) is 22.2. The van der Waals surface area contributed by atoms with Crippen LogP contribution in [0.15, 0.2) is 72.8 Å². The minimum absolute atomic E-state index is 0.330. The minimum Gasteiger partial charge on any atom is -0.427 e. The molecule has 138 valence electrons. The van der Waals surface area contributed by atoms with Gasteiger partial charge in [-0.1, -0.05) is 36.4 Å². The quantitative estimate of drug-likeness (QED) is 0.352. The highest BCUT2D eigenvalue weighted by Gasteiger charge is 2.06. The second-order valence-electron chi connectivity index (χ2n) is 6.63. The molecule has 4 rings (SSSR count). The number of esters is 2. The van der Waals surface area contributed by atoms with Crippen LogP contribution < -0.4 is 9.47 Å². The molecule has 0 aromatic heterocycles. The van der Waals surface area contributed by atoms with Crippen molar-refractivity contribution in [2.75, 3.05) is 0 Å². The molecular formula is C24H18O4. The number of benzene rings is 4. The van der Waals surface area contributed by atoms with Gasteiger partial charge < -0.3 is 9.47 Å². The van der Waals surface area contributed by atoms with Gasteiger partial charge in [0.1, 0.15) is 11.5 Å². The number of carbonyl (C=O) groups is 2. The molecule has 0 bridgehead atoms. The van der Waals surface area contributed by atoms with Gasteiger partial charge in [-0.2, -0.15) is 0 Å². The number of rotatable bonds is 3. The Kier molecular flexibility index (Phi) is 4.53. The fourth-order valence-corrected chi connectivity index (χ4v) is 3.27. The zero-order valence-electron chi connectivity index (χ0n) is 15.6. The third-order valence-electron chi connectivity index (χ3n) is 4.48. The third kappa shape index (κ3) is 3.71. The highest BCUT2D eigenvalue weighted by atomic mass is 16.5. The van der Waals surface area contributed by atoms with Gasteiger partial charge in [0.25, 0.3) is 0 Å². The van der Waals surface area contributed by atoms with E-state index in [9.17, 15) is 9.59 Å². The molecule has 0 fully saturated rings. The van der Waals surface area contributed by atoms with Crippen LogP contribution in [0.2, 0.25) is 0 Å². The van der Waals surface area contributed by atoms with E-state index in [0.717, 1.165) is 32.7 Å². The lowest BCUT2D eigenvalue weighted by atomic mass is 9.98. The van der Waals surface area contributed by atoms with Crippen molar-refractivity contribution in [1.82, 2.24) is 0 Å². The van der Waals surface area contributed by atoms with E-state index in [1.807, 2.05) is 48.5 Å². The summed E-state index contributed by atoms with van der Waals surface area (Å²) >= 11 is 0. The van der Waals surface area contributed by atoms with Gasteiger partial charge in [-0.3, -0.25) is 9.59 Å². The molecule has 0 atom stereocenters. The zero-order valence-corrected chi connectivity index (χ0v) is 15.6. The molecule has 0 aliphatic rings. The molecule has 0 N–H and O–H groups in total. The molecule has 4 aromatic rings. The van der Waals surface area contributed by atoms with E-state index in [4.69, 9.17) is 9.47 Å². The van der Waals surface area contributed by atoms with Crippen molar-refractivity contribution in [3.05, 3.63) is 72.8 Å². The molecular weight excluding hydrogens is 352 g/mol. The molecule has 0 radical (unpaired) electrons. The summed E-state index contributed by atoms with van der Waals surface area (Å²) in [5.41, 5.74) is 2.19. The summed E-state index contributed by atoms with van der Waals surface area (Å²) < 4.78 is 10.3. The van der Waals surface area contributed by atoms with Crippen LogP contribution in [-0.4, -0.2) is 11.9 Å². The lowest BCUT2D eigenvalue weighted by molar-refractivity contribution is -0.132. The predicted molar refractivity (Wildman–Crippen MR) is 110 cm³/mol. The molecule has 0 aliphatic heterocycles. The fourth-order valence-electron chi connectivity index (χ4n) is 3.27. The van der Waals surface area contributed by atoms with Crippen molar-refractivity contribution >= 4 is 33.5 Å². The molecule has 0 spiro atoms. The van der Waals surface area contributed by atoms with Gasteiger partial charge in [0, 0.05) is 13.8 Å². The van der Waals surface area contributed by atoms with Gasteiger partial charge >= 0.3 is 11.9 Å². The molecule has 28 heavy (non-hydrogen) atoms. The number of fused-ring (bicyclic) bond motifs is 2.